The van der Waals surface area contributed by atoms with Gasteiger partial charge in [0, 0.05) is 12.6 Å². The molecule has 0 atom stereocenters. The summed E-state index contributed by atoms with van der Waals surface area (Å²) in [4.78, 5) is 8.36. The molecule has 0 spiro atoms. The molecule has 1 aliphatic rings. The van der Waals surface area contributed by atoms with Crippen LogP contribution in [-0.4, -0.2) is 36.0 Å². The standard InChI is InChI=1S/C15H17N3O2S/c1-21-15-9-14(17-10-18-15)16-5-4-11-2-3-12-13(8-11)20-7-6-19-12/h2-3,8-10H,4-7H2,1H3,(H,16,17,18). The second-order valence-corrected chi connectivity index (χ2v) is 5.43. The summed E-state index contributed by atoms with van der Waals surface area (Å²) < 4.78 is 11.1. The topological polar surface area (TPSA) is 56.3 Å². The minimum atomic E-state index is 0.618. The fourth-order valence-electron chi connectivity index (χ4n) is 2.13. The van der Waals surface area contributed by atoms with E-state index in [9.17, 15) is 0 Å². The number of nitrogens with zero attached hydrogens (tertiary/aromatic N) is 2. The van der Waals surface area contributed by atoms with Gasteiger partial charge < -0.3 is 14.8 Å². The number of ether oxygens (including phenoxy) is 2. The third kappa shape index (κ3) is 3.58. The van der Waals surface area contributed by atoms with E-state index in [-0.39, 0.29) is 0 Å². The van der Waals surface area contributed by atoms with Gasteiger partial charge in [-0.1, -0.05) is 6.07 Å². The molecule has 21 heavy (non-hydrogen) atoms. The normalized spacial score (nSPS) is 13.0. The SMILES string of the molecule is CSc1cc(NCCc2ccc3c(c2)OCCO3)ncn1. The molecule has 6 heteroatoms. The van der Waals surface area contributed by atoms with Crippen LogP contribution in [-0.2, 0) is 6.42 Å². The Hall–Kier alpha value is -1.95. The Morgan fingerprint density at radius 3 is 2.86 bits per heavy atom. The van der Waals surface area contributed by atoms with Crippen molar-refractivity contribution in [2.24, 2.45) is 0 Å². The number of benzene rings is 1. The first kappa shape index (κ1) is 14.0. The molecule has 0 bridgehead atoms. The van der Waals surface area contributed by atoms with Crippen molar-refractivity contribution in [3.8, 4) is 11.5 Å². The van der Waals surface area contributed by atoms with Gasteiger partial charge in [-0.25, -0.2) is 9.97 Å². The van der Waals surface area contributed by atoms with E-state index in [1.54, 1.807) is 18.1 Å². The highest BCUT2D eigenvalue weighted by Gasteiger charge is 2.11. The Labute approximate surface area is 128 Å². The van der Waals surface area contributed by atoms with Crippen molar-refractivity contribution < 1.29 is 9.47 Å². The Bertz CT molecular complexity index is 622. The largest absolute Gasteiger partial charge is 0.486 e. The van der Waals surface area contributed by atoms with E-state index >= 15 is 0 Å². The van der Waals surface area contributed by atoms with Gasteiger partial charge in [0.15, 0.2) is 11.5 Å². The molecule has 0 amide bonds. The monoisotopic (exact) mass is 303 g/mol. The van der Waals surface area contributed by atoms with Crippen molar-refractivity contribution >= 4 is 17.6 Å². The van der Waals surface area contributed by atoms with E-state index in [4.69, 9.17) is 9.47 Å². The summed E-state index contributed by atoms with van der Waals surface area (Å²) in [6.07, 6.45) is 4.48. The fourth-order valence-corrected chi connectivity index (χ4v) is 2.51. The summed E-state index contributed by atoms with van der Waals surface area (Å²) in [5.41, 5.74) is 1.21. The van der Waals surface area contributed by atoms with E-state index in [0.717, 1.165) is 35.3 Å². The van der Waals surface area contributed by atoms with Gasteiger partial charge in [-0.05, 0) is 30.4 Å². The van der Waals surface area contributed by atoms with Gasteiger partial charge in [-0.2, -0.15) is 0 Å². The number of nitrogens with one attached hydrogen (secondary N) is 1. The molecule has 1 aliphatic heterocycles. The lowest BCUT2D eigenvalue weighted by Crippen LogP contribution is -2.15. The quantitative estimate of drug-likeness (QED) is 0.677. The number of fused-ring (bicyclic) bond motifs is 1. The maximum absolute atomic E-state index is 5.59. The summed E-state index contributed by atoms with van der Waals surface area (Å²) in [6.45, 7) is 2.05. The van der Waals surface area contributed by atoms with Crippen molar-refractivity contribution in [1.82, 2.24) is 9.97 Å². The zero-order chi connectivity index (χ0) is 14.5. The van der Waals surface area contributed by atoms with Crippen molar-refractivity contribution in [2.45, 2.75) is 11.4 Å². The third-order valence-electron chi connectivity index (χ3n) is 3.18. The van der Waals surface area contributed by atoms with Gasteiger partial charge in [-0.15, -0.1) is 11.8 Å². The van der Waals surface area contributed by atoms with Crippen LogP contribution in [0.25, 0.3) is 0 Å². The average molecular weight is 303 g/mol. The molecule has 0 radical (unpaired) electrons. The maximum atomic E-state index is 5.59. The maximum Gasteiger partial charge on any atom is 0.161 e. The van der Waals surface area contributed by atoms with Gasteiger partial charge in [0.05, 0.1) is 0 Å². The highest BCUT2D eigenvalue weighted by atomic mass is 32.2. The molecule has 0 saturated carbocycles. The molecule has 1 aromatic carbocycles. The first-order valence-corrected chi connectivity index (χ1v) is 8.06. The smallest absolute Gasteiger partial charge is 0.161 e. The van der Waals surface area contributed by atoms with Crippen molar-refractivity contribution in [1.29, 1.82) is 0 Å². The van der Waals surface area contributed by atoms with Crippen LogP contribution in [0.2, 0.25) is 0 Å². The highest BCUT2D eigenvalue weighted by Crippen LogP contribution is 2.30. The summed E-state index contributed by atoms with van der Waals surface area (Å²) in [5.74, 6) is 2.52. The molecule has 0 unspecified atom stereocenters. The van der Waals surface area contributed by atoms with E-state index < -0.39 is 0 Å². The van der Waals surface area contributed by atoms with Crippen LogP contribution in [0.15, 0.2) is 35.6 Å². The van der Waals surface area contributed by atoms with Crippen LogP contribution in [0.1, 0.15) is 5.56 Å². The predicted octanol–water partition coefficient (Wildman–Crippen LogP) is 2.62. The van der Waals surface area contributed by atoms with Gasteiger partial charge in [0.1, 0.15) is 30.4 Å². The second-order valence-electron chi connectivity index (χ2n) is 4.60. The summed E-state index contributed by atoms with van der Waals surface area (Å²) >= 11 is 1.61. The Kier molecular flexibility index (Phi) is 4.45. The second kappa shape index (κ2) is 6.67. The van der Waals surface area contributed by atoms with Gasteiger partial charge in [-0.3, -0.25) is 0 Å². The van der Waals surface area contributed by atoms with Crippen molar-refractivity contribution in [2.75, 3.05) is 31.3 Å². The molecular formula is C15H17N3O2S. The van der Waals surface area contributed by atoms with Crippen LogP contribution < -0.4 is 14.8 Å². The van der Waals surface area contributed by atoms with E-state index in [0.29, 0.717) is 13.2 Å². The number of aromatic nitrogens is 2. The average Bonchev–Trinajstić information content (AvgIpc) is 2.55. The molecule has 1 aromatic heterocycles. The Morgan fingerprint density at radius 2 is 2.00 bits per heavy atom. The molecule has 110 valence electrons. The third-order valence-corrected chi connectivity index (χ3v) is 3.82. The van der Waals surface area contributed by atoms with Crippen molar-refractivity contribution in [3.05, 3.63) is 36.2 Å². The molecule has 2 aromatic rings. The zero-order valence-corrected chi connectivity index (χ0v) is 12.7. The highest BCUT2D eigenvalue weighted by molar-refractivity contribution is 7.98. The molecule has 0 saturated heterocycles. The number of hydrogen-bond donors (Lipinski definition) is 1. The lowest BCUT2D eigenvalue weighted by Gasteiger charge is -2.18. The zero-order valence-electron chi connectivity index (χ0n) is 11.8. The Balaban J connectivity index is 1.57. The number of thioether (sulfide) groups is 1. The summed E-state index contributed by atoms with van der Waals surface area (Å²) in [5, 5.41) is 4.28. The summed E-state index contributed by atoms with van der Waals surface area (Å²) in [7, 11) is 0. The predicted molar refractivity (Wildman–Crippen MR) is 83.4 cm³/mol. The minimum Gasteiger partial charge on any atom is -0.486 e. The summed E-state index contributed by atoms with van der Waals surface area (Å²) in [6, 6.07) is 8.04. The van der Waals surface area contributed by atoms with Crippen molar-refractivity contribution in [3.63, 3.8) is 0 Å². The van der Waals surface area contributed by atoms with Crippen LogP contribution >= 0.6 is 11.8 Å². The molecule has 3 rings (SSSR count). The van der Waals surface area contributed by atoms with Crippen LogP contribution in [0, 0.1) is 0 Å². The molecular weight excluding hydrogens is 286 g/mol. The fraction of sp³-hybridized carbons (Fsp3) is 0.333. The van der Waals surface area contributed by atoms with E-state index in [2.05, 4.69) is 21.4 Å². The number of rotatable bonds is 5. The van der Waals surface area contributed by atoms with Crippen LogP contribution in [0.5, 0.6) is 11.5 Å². The van der Waals surface area contributed by atoms with Gasteiger partial charge >= 0.3 is 0 Å². The molecule has 2 heterocycles. The first-order chi connectivity index (χ1) is 10.3. The Morgan fingerprint density at radius 1 is 1.14 bits per heavy atom. The number of anilines is 1. The first-order valence-electron chi connectivity index (χ1n) is 6.83. The lowest BCUT2D eigenvalue weighted by atomic mass is 10.1. The molecule has 0 fully saturated rings. The molecule has 0 aliphatic carbocycles. The van der Waals surface area contributed by atoms with Gasteiger partial charge in [0.25, 0.3) is 0 Å². The number of hydrogen-bond acceptors (Lipinski definition) is 6. The molecule has 1 N–H and O–H groups in total. The van der Waals surface area contributed by atoms with Crippen LogP contribution in [0.3, 0.4) is 0 Å². The van der Waals surface area contributed by atoms with Gasteiger partial charge in [0.2, 0.25) is 0 Å². The molecule has 5 nitrogen and oxygen atoms in total. The van der Waals surface area contributed by atoms with E-state index in [1.807, 2.05) is 24.5 Å². The minimum absolute atomic E-state index is 0.618. The lowest BCUT2D eigenvalue weighted by molar-refractivity contribution is 0.171. The van der Waals surface area contributed by atoms with E-state index in [1.165, 1.54) is 5.56 Å². The van der Waals surface area contributed by atoms with Crippen LogP contribution in [0.4, 0.5) is 5.82 Å².